The SMILES string of the molecule is COC(=O)C1=C(C)N=C2SC=C(CC(=O)N3CCCCC3C)N2C1c1ccc(C(C)C)cc1. The quantitative estimate of drug-likeness (QED) is 0.547. The highest BCUT2D eigenvalue weighted by molar-refractivity contribution is 8.16. The summed E-state index contributed by atoms with van der Waals surface area (Å²) in [5, 5.41) is 2.81. The summed E-state index contributed by atoms with van der Waals surface area (Å²) in [5.41, 5.74) is 4.28. The van der Waals surface area contributed by atoms with Gasteiger partial charge in [0.05, 0.1) is 30.8 Å². The predicted octanol–water partition coefficient (Wildman–Crippen LogP) is 5.35. The fourth-order valence-electron chi connectivity index (χ4n) is 4.84. The minimum Gasteiger partial charge on any atom is -0.466 e. The Labute approximate surface area is 200 Å². The number of benzene rings is 1. The van der Waals surface area contributed by atoms with E-state index in [0.29, 0.717) is 23.6 Å². The minimum absolute atomic E-state index is 0.134. The van der Waals surface area contributed by atoms with Gasteiger partial charge in [0.1, 0.15) is 0 Å². The Hall–Kier alpha value is -2.54. The molecular weight excluding hydrogens is 434 g/mol. The van der Waals surface area contributed by atoms with Gasteiger partial charge in [0.25, 0.3) is 0 Å². The number of fused-ring (bicyclic) bond motifs is 1. The van der Waals surface area contributed by atoms with Gasteiger partial charge in [-0.3, -0.25) is 4.79 Å². The largest absolute Gasteiger partial charge is 0.466 e. The molecule has 0 aliphatic carbocycles. The van der Waals surface area contributed by atoms with Gasteiger partial charge in [0.2, 0.25) is 5.91 Å². The van der Waals surface area contributed by atoms with Gasteiger partial charge in [-0.2, -0.15) is 0 Å². The number of nitrogens with zero attached hydrogens (tertiary/aromatic N) is 3. The lowest BCUT2D eigenvalue weighted by Gasteiger charge is -2.38. The molecule has 1 saturated heterocycles. The van der Waals surface area contributed by atoms with E-state index in [4.69, 9.17) is 9.73 Å². The topological polar surface area (TPSA) is 62.2 Å². The molecule has 3 aliphatic rings. The van der Waals surface area contributed by atoms with Gasteiger partial charge in [-0.15, -0.1) is 0 Å². The summed E-state index contributed by atoms with van der Waals surface area (Å²) >= 11 is 1.51. The summed E-state index contributed by atoms with van der Waals surface area (Å²) in [4.78, 5) is 34.9. The van der Waals surface area contributed by atoms with E-state index in [1.807, 2.05) is 17.2 Å². The van der Waals surface area contributed by atoms with Crippen molar-refractivity contribution in [3.63, 3.8) is 0 Å². The third-order valence-electron chi connectivity index (χ3n) is 6.78. The van der Waals surface area contributed by atoms with Crippen LogP contribution in [0.15, 0.2) is 51.6 Å². The average Bonchev–Trinajstić information content (AvgIpc) is 3.19. The van der Waals surface area contributed by atoms with Gasteiger partial charge in [0, 0.05) is 18.3 Å². The number of carbonyl (C=O) groups excluding carboxylic acids is 2. The maximum atomic E-state index is 13.2. The Morgan fingerprint density at radius 2 is 1.94 bits per heavy atom. The molecule has 33 heavy (non-hydrogen) atoms. The molecule has 1 amide bonds. The van der Waals surface area contributed by atoms with Crippen LogP contribution >= 0.6 is 11.8 Å². The molecule has 3 heterocycles. The fourth-order valence-corrected chi connectivity index (χ4v) is 5.81. The van der Waals surface area contributed by atoms with E-state index in [-0.39, 0.29) is 24.0 Å². The Kier molecular flexibility index (Phi) is 6.98. The molecule has 3 aliphatic heterocycles. The van der Waals surface area contributed by atoms with Crippen molar-refractivity contribution in [2.24, 2.45) is 4.99 Å². The van der Waals surface area contributed by atoms with E-state index in [9.17, 15) is 9.59 Å². The predicted molar refractivity (Wildman–Crippen MR) is 133 cm³/mol. The van der Waals surface area contributed by atoms with Crippen molar-refractivity contribution in [2.45, 2.75) is 71.4 Å². The number of carbonyl (C=O) groups is 2. The number of likely N-dealkylation sites (tertiary alicyclic amines) is 1. The zero-order valence-corrected chi connectivity index (χ0v) is 20.9. The van der Waals surface area contributed by atoms with E-state index >= 15 is 0 Å². The molecule has 176 valence electrons. The van der Waals surface area contributed by atoms with Crippen LogP contribution in [-0.4, -0.2) is 46.5 Å². The third kappa shape index (κ3) is 4.60. The number of amides is 1. The summed E-state index contributed by atoms with van der Waals surface area (Å²) < 4.78 is 5.15. The van der Waals surface area contributed by atoms with Crippen LogP contribution < -0.4 is 0 Å². The smallest absolute Gasteiger partial charge is 0.338 e. The molecule has 2 atom stereocenters. The molecule has 4 rings (SSSR count). The van der Waals surface area contributed by atoms with Crippen LogP contribution in [0, 0.1) is 0 Å². The molecule has 7 heteroatoms. The van der Waals surface area contributed by atoms with Crippen LogP contribution in [0.4, 0.5) is 0 Å². The van der Waals surface area contributed by atoms with Gasteiger partial charge in [-0.05, 0) is 55.6 Å². The number of hydrogen-bond acceptors (Lipinski definition) is 6. The molecule has 0 saturated carbocycles. The molecule has 0 aromatic heterocycles. The number of allylic oxidation sites excluding steroid dienone is 1. The number of thioether (sulfide) groups is 1. The van der Waals surface area contributed by atoms with Crippen LogP contribution in [0.1, 0.15) is 76.5 Å². The summed E-state index contributed by atoms with van der Waals surface area (Å²) in [6, 6.07) is 8.27. The van der Waals surface area contributed by atoms with Crippen LogP contribution in [0.2, 0.25) is 0 Å². The van der Waals surface area contributed by atoms with Crippen LogP contribution in [-0.2, 0) is 14.3 Å². The molecule has 2 unspecified atom stereocenters. The maximum Gasteiger partial charge on any atom is 0.338 e. The van der Waals surface area contributed by atoms with Gasteiger partial charge in [-0.1, -0.05) is 49.9 Å². The van der Waals surface area contributed by atoms with Gasteiger partial charge < -0.3 is 14.5 Å². The van der Waals surface area contributed by atoms with Crippen molar-refractivity contribution >= 4 is 28.8 Å². The Morgan fingerprint density at radius 3 is 2.58 bits per heavy atom. The Bertz CT molecular complexity index is 1030. The van der Waals surface area contributed by atoms with Crippen LogP contribution in [0.5, 0.6) is 0 Å². The van der Waals surface area contributed by atoms with Crippen molar-refractivity contribution in [1.82, 2.24) is 9.80 Å². The van der Waals surface area contributed by atoms with E-state index in [2.05, 4.69) is 49.9 Å². The molecule has 0 N–H and O–H groups in total. The lowest BCUT2D eigenvalue weighted by molar-refractivity contribution is -0.136. The Morgan fingerprint density at radius 1 is 1.21 bits per heavy atom. The molecule has 6 nitrogen and oxygen atoms in total. The number of esters is 1. The average molecular weight is 468 g/mol. The zero-order chi connectivity index (χ0) is 23.7. The maximum absolute atomic E-state index is 13.2. The summed E-state index contributed by atoms with van der Waals surface area (Å²) in [7, 11) is 1.40. The molecule has 1 fully saturated rings. The number of methoxy groups -OCH3 is 1. The summed E-state index contributed by atoms with van der Waals surface area (Å²) in [6.07, 6.45) is 3.58. The minimum atomic E-state index is -0.388. The van der Waals surface area contributed by atoms with E-state index in [1.54, 1.807) is 0 Å². The third-order valence-corrected chi connectivity index (χ3v) is 7.67. The molecule has 0 radical (unpaired) electrons. The number of hydrogen-bond donors (Lipinski definition) is 0. The normalized spacial score (nSPS) is 22.8. The molecule has 0 bridgehead atoms. The zero-order valence-electron chi connectivity index (χ0n) is 20.1. The van der Waals surface area contributed by atoms with E-state index < -0.39 is 0 Å². The summed E-state index contributed by atoms with van der Waals surface area (Å²) in [6.45, 7) is 9.12. The van der Waals surface area contributed by atoms with E-state index in [1.165, 1.54) is 30.9 Å². The highest BCUT2D eigenvalue weighted by Gasteiger charge is 2.41. The first-order valence-electron chi connectivity index (χ1n) is 11.7. The van der Waals surface area contributed by atoms with E-state index in [0.717, 1.165) is 35.8 Å². The highest BCUT2D eigenvalue weighted by atomic mass is 32.2. The second-order valence-electron chi connectivity index (χ2n) is 9.31. The molecule has 0 spiro atoms. The Balaban J connectivity index is 1.69. The van der Waals surface area contributed by atoms with Crippen molar-refractivity contribution in [1.29, 1.82) is 0 Å². The summed E-state index contributed by atoms with van der Waals surface area (Å²) in [5.74, 6) is 0.164. The van der Waals surface area contributed by atoms with Crippen LogP contribution in [0.3, 0.4) is 0 Å². The van der Waals surface area contributed by atoms with Crippen molar-refractivity contribution in [3.8, 4) is 0 Å². The second-order valence-corrected chi connectivity index (χ2v) is 10.2. The number of aliphatic imine (C=N–C) groups is 1. The van der Waals surface area contributed by atoms with Gasteiger partial charge >= 0.3 is 5.97 Å². The number of piperidine rings is 1. The highest BCUT2D eigenvalue weighted by Crippen LogP contribution is 2.45. The lowest BCUT2D eigenvalue weighted by Crippen LogP contribution is -2.43. The number of rotatable bonds is 5. The van der Waals surface area contributed by atoms with Crippen molar-refractivity contribution < 1.29 is 14.3 Å². The van der Waals surface area contributed by atoms with Gasteiger partial charge in [0.15, 0.2) is 5.17 Å². The van der Waals surface area contributed by atoms with Crippen molar-refractivity contribution in [3.05, 3.63) is 57.8 Å². The first-order chi connectivity index (χ1) is 15.8. The second kappa shape index (κ2) is 9.75. The number of ether oxygens (including phenoxy) is 1. The molecule has 1 aromatic carbocycles. The lowest BCUT2D eigenvalue weighted by atomic mass is 9.92. The van der Waals surface area contributed by atoms with Crippen molar-refractivity contribution in [2.75, 3.05) is 13.7 Å². The first-order valence-corrected chi connectivity index (χ1v) is 12.6. The first kappa shape index (κ1) is 23.6. The molecular formula is C26H33N3O3S. The standard InChI is InChI=1S/C26H33N3O3S/c1-16(2)19-9-11-20(12-10-19)24-23(25(31)32-5)18(4)27-26-29(24)21(15-33-26)14-22(30)28-13-7-6-8-17(28)3/h9-12,15-17,24H,6-8,13-14H2,1-5H3. The fraction of sp³-hybridized carbons (Fsp3) is 0.500. The molecule has 1 aromatic rings. The van der Waals surface area contributed by atoms with Crippen LogP contribution in [0.25, 0.3) is 0 Å². The van der Waals surface area contributed by atoms with Gasteiger partial charge in [-0.25, -0.2) is 9.79 Å². The number of amidine groups is 1. The monoisotopic (exact) mass is 467 g/mol.